The Morgan fingerprint density at radius 1 is 0.947 bits per heavy atom. The van der Waals surface area contributed by atoms with Gasteiger partial charge in [-0.05, 0) is 10.8 Å². The SMILES string of the molecule is O=C(CC(=O)C(F)(F)F)c1cccc2ccccc12. The van der Waals surface area contributed by atoms with Crippen LogP contribution in [0.3, 0.4) is 0 Å². The Labute approximate surface area is 106 Å². The van der Waals surface area contributed by atoms with Crippen molar-refractivity contribution < 1.29 is 22.8 Å². The van der Waals surface area contributed by atoms with E-state index in [1.165, 1.54) is 6.07 Å². The van der Waals surface area contributed by atoms with Crippen molar-refractivity contribution in [2.45, 2.75) is 12.6 Å². The van der Waals surface area contributed by atoms with Crippen molar-refractivity contribution in [3.05, 3.63) is 48.0 Å². The first-order valence-corrected chi connectivity index (χ1v) is 5.50. The molecule has 0 fully saturated rings. The zero-order chi connectivity index (χ0) is 14.0. The topological polar surface area (TPSA) is 34.1 Å². The van der Waals surface area contributed by atoms with Crippen molar-refractivity contribution >= 4 is 22.3 Å². The maximum Gasteiger partial charge on any atom is 0.450 e. The lowest BCUT2D eigenvalue weighted by Crippen LogP contribution is -2.25. The Bertz CT molecular complexity index is 639. The largest absolute Gasteiger partial charge is 0.450 e. The Balaban J connectivity index is 2.35. The van der Waals surface area contributed by atoms with Crippen molar-refractivity contribution in [2.75, 3.05) is 0 Å². The minimum Gasteiger partial charge on any atom is -0.294 e. The van der Waals surface area contributed by atoms with Crippen LogP contribution in [0.4, 0.5) is 13.2 Å². The van der Waals surface area contributed by atoms with Crippen LogP contribution in [-0.4, -0.2) is 17.7 Å². The molecule has 2 rings (SSSR count). The third-order valence-corrected chi connectivity index (χ3v) is 2.73. The molecule has 0 amide bonds. The first-order chi connectivity index (χ1) is 8.89. The van der Waals surface area contributed by atoms with Crippen molar-refractivity contribution in [3.8, 4) is 0 Å². The molecule has 0 N–H and O–H groups in total. The number of hydrogen-bond donors (Lipinski definition) is 0. The fourth-order valence-corrected chi connectivity index (χ4v) is 1.81. The molecule has 0 radical (unpaired) electrons. The van der Waals surface area contributed by atoms with Crippen LogP contribution in [0.25, 0.3) is 10.8 Å². The van der Waals surface area contributed by atoms with Gasteiger partial charge in [-0.3, -0.25) is 9.59 Å². The van der Waals surface area contributed by atoms with Crippen molar-refractivity contribution in [2.24, 2.45) is 0 Å². The van der Waals surface area contributed by atoms with Crippen LogP contribution in [0.15, 0.2) is 42.5 Å². The lowest BCUT2D eigenvalue weighted by atomic mass is 9.99. The molecule has 19 heavy (non-hydrogen) atoms. The van der Waals surface area contributed by atoms with Gasteiger partial charge in [0.15, 0.2) is 5.78 Å². The summed E-state index contributed by atoms with van der Waals surface area (Å²) in [4.78, 5) is 22.6. The molecule has 98 valence electrons. The normalized spacial score (nSPS) is 11.5. The fourth-order valence-electron chi connectivity index (χ4n) is 1.81. The maximum absolute atomic E-state index is 12.1. The minimum absolute atomic E-state index is 0.135. The summed E-state index contributed by atoms with van der Waals surface area (Å²) in [6, 6.07) is 11.6. The summed E-state index contributed by atoms with van der Waals surface area (Å²) in [5.74, 6) is -2.84. The number of alkyl halides is 3. The van der Waals surface area contributed by atoms with Gasteiger partial charge in [-0.1, -0.05) is 42.5 Å². The Morgan fingerprint density at radius 2 is 1.58 bits per heavy atom. The molecule has 0 saturated heterocycles. The Kier molecular flexibility index (Phi) is 3.38. The number of ketones is 2. The molecule has 2 aromatic carbocycles. The molecule has 2 nitrogen and oxygen atoms in total. The van der Waals surface area contributed by atoms with Gasteiger partial charge >= 0.3 is 6.18 Å². The van der Waals surface area contributed by atoms with E-state index in [9.17, 15) is 22.8 Å². The molecule has 0 aliphatic heterocycles. The van der Waals surface area contributed by atoms with Gasteiger partial charge in [0.1, 0.15) is 0 Å². The van der Waals surface area contributed by atoms with Crippen LogP contribution in [0, 0.1) is 0 Å². The van der Waals surface area contributed by atoms with Gasteiger partial charge in [-0.15, -0.1) is 0 Å². The number of Topliss-reactive ketones (excluding diaryl/α,β-unsaturated/α-hetero) is 2. The van der Waals surface area contributed by atoms with Gasteiger partial charge in [0.25, 0.3) is 0 Å². The van der Waals surface area contributed by atoms with E-state index >= 15 is 0 Å². The predicted octanol–water partition coefficient (Wildman–Crippen LogP) is 3.54. The van der Waals surface area contributed by atoms with Crippen molar-refractivity contribution in [1.29, 1.82) is 0 Å². The van der Waals surface area contributed by atoms with E-state index in [-0.39, 0.29) is 5.56 Å². The van der Waals surface area contributed by atoms with E-state index in [1.54, 1.807) is 36.4 Å². The standard InChI is InChI=1S/C14H9F3O2/c15-14(16,17)13(19)8-12(18)11-7-3-5-9-4-1-2-6-10(9)11/h1-7H,8H2. The van der Waals surface area contributed by atoms with Gasteiger partial charge in [-0.2, -0.15) is 13.2 Å². The van der Waals surface area contributed by atoms with E-state index in [4.69, 9.17) is 0 Å². The lowest BCUT2D eigenvalue weighted by molar-refractivity contribution is -0.170. The summed E-state index contributed by atoms with van der Waals surface area (Å²) in [5, 5.41) is 1.29. The highest BCUT2D eigenvalue weighted by Crippen LogP contribution is 2.23. The van der Waals surface area contributed by atoms with Crippen LogP contribution in [0.1, 0.15) is 16.8 Å². The summed E-state index contributed by atoms with van der Waals surface area (Å²) in [7, 11) is 0. The zero-order valence-corrected chi connectivity index (χ0v) is 9.70. The van der Waals surface area contributed by atoms with Gasteiger partial charge in [-0.25, -0.2) is 0 Å². The third kappa shape index (κ3) is 2.81. The Hall–Kier alpha value is -2.17. The summed E-state index contributed by atoms with van der Waals surface area (Å²) in [6.07, 6.45) is -6.13. The van der Waals surface area contributed by atoms with Crippen molar-refractivity contribution in [1.82, 2.24) is 0 Å². The number of carbonyl (C=O) groups excluding carboxylic acids is 2. The molecule has 0 saturated carbocycles. The molecular formula is C14H9F3O2. The number of carbonyl (C=O) groups is 2. The van der Waals surface area contributed by atoms with Crippen molar-refractivity contribution in [3.63, 3.8) is 0 Å². The summed E-state index contributed by atoms with van der Waals surface area (Å²) in [6.45, 7) is 0. The van der Waals surface area contributed by atoms with E-state index in [0.29, 0.717) is 5.39 Å². The fraction of sp³-hybridized carbons (Fsp3) is 0.143. The first kappa shape index (κ1) is 13.3. The second kappa shape index (κ2) is 4.84. The smallest absolute Gasteiger partial charge is 0.294 e. The van der Waals surface area contributed by atoms with Crippen LogP contribution >= 0.6 is 0 Å². The number of benzene rings is 2. The second-order valence-electron chi connectivity index (χ2n) is 4.05. The number of halogens is 3. The van der Waals surface area contributed by atoms with Crippen LogP contribution in [0.2, 0.25) is 0 Å². The number of hydrogen-bond acceptors (Lipinski definition) is 2. The maximum atomic E-state index is 12.1. The van der Waals surface area contributed by atoms with E-state index < -0.39 is 24.2 Å². The third-order valence-electron chi connectivity index (χ3n) is 2.73. The Morgan fingerprint density at radius 3 is 2.26 bits per heavy atom. The molecule has 0 unspecified atom stereocenters. The second-order valence-corrected chi connectivity index (χ2v) is 4.05. The van der Waals surface area contributed by atoms with Crippen LogP contribution in [0.5, 0.6) is 0 Å². The van der Waals surface area contributed by atoms with Crippen LogP contribution < -0.4 is 0 Å². The van der Waals surface area contributed by atoms with Gasteiger partial charge < -0.3 is 0 Å². The zero-order valence-electron chi connectivity index (χ0n) is 9.70. The molecule has 2 aromatic rings. The average Bonchev–Trinajstić information content (AvgIpc) is 2.36. The van der Waals surface area contributed by atoms with E-state index in [1.807, 2.05) is 0 Å². The summed E-state index contributed by atoms with van der Waals surface area (Å²) < 4.78 is 36.4. The average molecular weight is 266 g/mol. The molecule has 0 heterocycles. The molecular weight excluding hydrogens is 257 g/mol. The van der Waals surface area contributed by atoms with Gasteiger partial charge in [0, 0.05) is 5.56 Å². The molecule has 0 aromatic heterocycles. The molecule has 5 heteroatoms. The van der Waals surface area contributed by atoms with E-state index in [2.05, 4.69) is 0 Å². The summed E-state index contributed by atoms with van der Waals surface area (Å²) >= 11 is 0. The lowest BCUT2D eigenvalue weighted by Gasteiger charge is -2.07. The van der Waals surface area contributed by atoms with Crippen LogP contribution in [-0.2, 0) is 4.79 Å². The molecule has 0 aliphatic carbocycles. The predicted molar refractivity (Wildman–Crippen MR) is 64.0 cm³/mol. The molecule has 0 spiro atoms. The van der Waals surface area contributed by atoms with Gasteiger partial charge in [0.05, 0.1) is 6.42 Å². The minimum atomic E-state index is -4.97. The highest BCUT2D eigenvalue weighted by molar-refractivity contribution is 6.15. The highest BCUT2D eigenvalue weighted by atomic mass is 19.4. The quantitative estimate of drug-likeness (QED) is 0.629. The first-order valence-electron chi connectivity index (χ1n) is 5.50. The molecule has 0 atom stereocenters. The van der Waals surface area contributed by atoms with Gasteiger partial charge in [0.2, 0.25) is 5.78 Å². The van der Waals surface area contributed by atoms with E-state index in [0.717, 1.165) is 5.39 Å². The molecule has 0 aliphatic rings. The highest BCUT2D eigenvalue weighted by Gasteiger charge is 2.39. The summed E-state index contributed by atoms with van der Waals surface area (Å²) in [5.41, 5.74) is 0.135. The molecule has 0 bridgehead atoms. The number of fused-ring (bicyclic) bond motifs is 1. The number of rotatable bonds is 3. The monoisotopic (exact) mass is 266 g/mol.